The molecule has 3 nitrogen and oxygen atoms in total. The van der Waals surface area contributed by atoms with E-state index in [1.807, 2.05) is 24.3 Å². The molecule has 0 aliphatic heterocycles. The van der Waals surface area contributed by atoms with Crippen molar-refractivity contribution in [2.45, 2.75) is 26.4 Å². The summed E-state index contributed by atoms with van der Waals surface area (Å²) in [5, 5.41) is 18.7. The first-order chi connectivity index (χ1) is 7.93. The summed E-state index contributed by atoms with van der Waals surface area (Å²) in [6.45, 7) is 3.39. The molecule has 17 heavy (non-hydrogen) atoms. The van der Waals surface area contributed by atoms with Crippen molar-refractivity contribution in [1.29, 1.82) is 0 Å². The molecule has 0 aromatic heterocycles. The summed E-state index contributed by atoms with van der Waals surface area (Å²) in [4.78, 5) is 11.2. The predicted molar refractivity (Wildman–Crippen MR) is 69.8 cm³/mol. The van der Waals surface area contributed by atoms with Gasteiger partial charge in [0.15, 0.2) is 0 Å². The number of carboxylic acid groups (broad SMARTS) is 1. The fourth-order valence-electron chi connectivity index (χ4n) is 1.74. The lowest BCUT2D eigenvalue weighted by molar-refractivity contribution is -0.145. The number of carbonyl (C=O) groups is 1. The lowest BCUT2D eigenvalue weighted by Crippen LogP contribution is -2.30. The molecule has 3 unspecified atom stereocenters. The molecular weight excluding hydrogens is 284 g/mol. The Bertz CT molecular complexity index is 390. The highest BCUT2D eigenvalue weighted by atomic mass is 79.9. The van der Waals surface area contributed by atoms with Crippen molar-refractivity contribution in [3.63, 3.8) is 0 Å². The molecule has 0 fully saturated rings. The van der Waals surface area contributed by atoms with Gasteiger partial charge in [0.25, 0.3) is 0 Å². The van der Waals surface area contributed by atoms with E-state index in [9.17, 15) is 15.0 Å². The van der Waals surface area contributed by atoms with Crippen LogP contribution in [0.25, 0.3) is 0 Å². The van der Waals surface area contributed by atoms with Gasteiger partial charge in [-0.15, -0.1) is 0 Å². The fourth-order valence-corrected chi connectivity index (χ4v) is 2.18. The molecule has 1 aromatic rings. The molecule has 0 aliphatic carbocycles. The van der Waals surface area contributed by atoms with Crippen molar-refractivity contribution in [3.05, 3.63) is 34.3 Å². The molecule has 3 atom stereocenters. The third-order valence-corrected chi connectivity index (χ3v) is 3.88. The molecule has 0 saturated carbocycles. The van der Waals surface area contributed by atoms with Crippen molar-refractivity contribution < 1.29 is 15.0 Å². The third kappa shape index (κ3) is 3.82. The van der Waals surface area contributed by atoms with Gasteiger partial charge in [0.05, 0.1) is 12.0 Å². The Morgan fingerprint density at radius 3 is 2.41 bits per heavy atom. The Labute approximate surface area is 110 Å². The Kier molecular flexibility index (Phi) is 5.15. The maximum Gasteiger partial charge on any atom is 0.307 e. The first-order valence-electron chi connectivity index (χ1n) is 5.57. The van der Waals surface area contributed by atoms with Gasteiger partial charge in [-0.05, 0) is 30.9 Å². The monoisotopic (exact) mass is 300 g/mol. The molecule has 94 valence electrons. The Morgan fingerprint density at radius 2 is 1.94 bits per heavy atom. The van der Waals surface area contributed by atoms with Gasteiger partial charge >= 0.3 is 5.97 Å². The van der Waals surface area contributed by atoms with E-state index in [1.165, 1.54) is 0 Å². The first-order valence-corrected chi connectivity index (χ1v) is 6.37. The van der Waals surface area contributed by atoms with Crippen LogP contribution in [0.4, 0.5) is 0 Å². The van der Waals surface area contributed by atoms with Gasteiger partial charge in [-0.2, -0.15) is 0 Å². The van der Waals surface area contributed by atoms with E-state index in [2.05, 4.69) is 15.9 Å². The minimum absolute atomic E-state index is 0.278. The van der Waals surface area contributed by atoms with E-state index in [4.69, 9.17) is 0 Å². The molecule has 0 bridgehead atoms. The molecule has 0 saturated heterocycles. The third-order valence-electron chi connectivity index (χ3n) is 3.11. The van der Waals surface area contributed by atoms with Gasteiger partial charge in [0.2, 0.25) is 0 Å². The molecule has 1 aromatic carbocycles. The van der Waals surface area contributed by atoms with Gasteiger partial charge < -0.3 is 10.2 Å². The van der Waals surface area contributed by atoms with Crippen LogP contribution in [0.5, 0.6) is 0 Å². The van der Waals surface area contributed by atoms with Crippen molar-refractivity contribution in [1.82, 2.24) is 0 Å². The number of hydrogen-bond acceptors (Lipinski definition) is 2. The highest BCUT2D eigenvalue weighted by Gasteiger charge is 2.28. The lowest BCUT2D eigenvalue weighted by Gasteiger charge is -2.23. The maximum absolute atomic E-state index is 11.2. The Morgan fingerprint density at radius 1 is 1.35 bits per heavy atom. The van der Waals surface area contributed by atoms with E-state index in [1.54, 1.807) is 13.8 Å². The second kappa shape index (κ2) is 6.17. The summed E-state index contributed by atoms with van der Waals surface area (Å²) in [5.41, 5.74) is 0.951. The fraction of sp³-hybridized carbons (Fsp3) is 0.462. The van der Waals surface area contributed by atoms with E-state index in [-0.39, 0.29) is 5.92 Å². The number of halogens is 1. The molecule has 0 spiro atoms. The SMILES string of the molecule is CC(O)C(C)C(Cc1ccccc1Br)C(=O)O. The second-order valence-electron chi connectivity index (χ2n) is 4.34. The van der Waals surface area contributed by atoms with E-state index >= 15 is 0 Å². The zero-order chi connectivity index (χ0) is 13.0. The lowest BCUT2D eigenvalue weighted by atomic mass is 9.85. The van der Waals surface area contributed by atoms with Crippen LogP contribution in [-0.4, -0.2) is 22.3 Å². The van der Waals surface area contributed by atoms with Gasteiger partial charge in [-0.3, -0.25) is 4.79 Å². The van der Waals surface area contributed by atoms with Gasteiger partial charge in [-0.1, -0.05) is 41.1 Å². The zero-order valence-electron chi connectivity index (χ0n) is 9.93. The van der Waals surface area contributed by atoms with Crippen LogP contribution in [0.1, 0.15) is 19.4 Å². The minimum Gasteiger partial charge on any atom is -0.481 e. The first kappa shape index (κ1) is 14.2. The smallest absolute Gasteiger partial charge is 0.307 e. The van der Waals surface area contributed by atoms with Crippen LogP contribution in [0.2, 0.25) is 0 Å². The van der Waals surface area contributed by atoms with Gasteiger partial charge in [0, 0.05) is 4.47 Å². The van der Waals surface area contributed by atoms with Crippen LogP contribution in [-0.2, 0) is 11.2 Å². The number of rotatable bonds is 5. The zero-order valence-corrected chi connectivity index (χ0v) is 11.5. The summed E-state index contributed by atoms with van der Waals surface area (Å²) < 4.78 is 0.907. The summed E-state index contributed by atoms with van der Waals surface area (Å²) in [6, 6.07) is 7.56. The van der Waals surface area contributed by atoms with Crippen LogP contribution >= 0.6 is 15.9 Å². The molecule has 0 amide bonds. The Balaban J connectivity index is 2.88. The predicted octanol–water partition coefficient (Wildman–Crippen LogP) is 2.71. The molecule has 2 N–H and O–H groups in total. The number of benzene rings is 1. The molecule has 1 rings (SSSR count). The number of aliphatic carboxylic acids is 1. The van der Waals surface area contributed by atoms with Crippen molar-refractivity contribution >= 4 is 21.9 Å². The largest absolute Gasteiger partial charge is 0.481 e. The van der Waals surface area contributed by atoms with Crippen LogP contribution < -0.4 is 0 Å². The van der Waals surface area contributed by atoms with Crippen molar-refractivity contribution in [2.75, 3.05) is 0 Å². The van der Waals surface area contributed by atoms with E-state index < -0.39 is 18.0 Å². The van der Waals surface area contributed by atoms with E-state index in [0.717, 1.165) is 10.0 Å². The number of carboxylic acids is 1. The van der Waals surface area contributed by atoms with E-state index in [0.29, 0.717) is 6.42 Å². The average Bonchev–Trinajstić information content (AvgIpc) is 2.26. The Hall–Kier alpha value is -0.870. The van der Waals surface area contributed by atoms with Crippen molar-refractivity contribution in [3.8, 4) is 0 Å². The summed E-state index contributed by atoms with van der Waals surface area (Å²) in [7, 11) is 0. The van der Waals surface area contributed by atoms with Gasteiger partial charge in [-0.25, -0.2) is 0 Å². The highest BCUT2D eigenvalue weighted by molar-refractivity contribution is 9.10. The number of aliphatic hydroxyl groups is 1. The molecule has 4 heteroatoms. The number of aliphatic hydroxyl groups excluding tert-OH is 1. The normalized spacial score (nSPS) is 16.2. The average molecular weight is 301 g/mol. The second-order valence-corrected chi connectivity index (χ2v) is 5.19. The molecular formula is C13H17BrO3. The van der Waals surface area contributed by atoms with Crippen LogP contribution in [0.3, 0.4) is 0 Å². The van der Waals surface area contributed by atoms with Crippen LogP contribution in [0.15, 0.2) is 28.7 Å². The molecule has 0 aliphatic rings. The van der Waals surface area contributed by atoms with Crippen molar-refractivity contribution in [2.24, 2.45) is 11.8 Å². The topological polar surface area (TPSA) is 57.5 Å². The van der Waals surface area contributed by atoms with Gasteiger partial charge in [0.1, 0.15) is 0 Å². The van der Waals surface area contributed by atoms with Crippen LogP contribution in [0, 0.1) is 11.8 Å². The molecule has 0 heterocycles. The highest BCUT2D eigenvalue weighted by Crippen LogP contribution is 2.25. The quantitative estimate of drug-likeness (QED) is 0.879. The number of hydrogen-bond donors (Lipinski definition) is 2. The minimum atomic E-state index is -0.867. The maximum atomic E-state index is 11.2. The standard InChI is InChI=1S/C13H17BrO3/c1-8(9(2)15)11(13(16)17)7-10-5-3-4-6-12(10)14/h3-6,8-9,11,15H,7H2,1-2H3,(H,16,17). The molecule has 0 radical (unpaired) electrons. The summed E-state index contributed by atoms with van der Waals surface area (Å²) >= 11 is 3.40. The summed E-state index contributed by atoms with van der Waals surface area (Å²) in [6.07, 6.45) is -0.207. The summed E-state index contributed by atoms with van der Waals surface area (Å²) in [5.74, 6) is -1.72.